The molecule has 0 bridgehead atoms. The van der Waals surface area contributed by atoms with E-state index in [1.165, 1.54) is 0 Å². The van der Waals surface area contributed by atoms with E-state index in [0.29, 0.717) is 39.3 Å². The van der Waals surface area contributed by atoms with Crippen LogP contribution in [0.15, 0.2) is 18.3 Å². The third-order valence-electron chi connectivity index (χ3n) is 4.25. The van der Waals surface area contributed by atoms with E-state index < -0.39 is 0 Å². The van der Waals surface area contributed by atoms with Gasteiger partial charge in [0.25, 0.3) is 0 Å². The summed E-state index contributed by atoms with van der Waals surface area (Å²) in [6.45, 7) is 8.31. The quantitative estimate of drug-likeness (QED) is 0.587. The Morgan fingerprint density at radius 3 is 2.11 bits per heavy atom. The van der Waals surface area contributed by atoms with Crippen molar-refractivity contribution in [1.82, 2.24) is 14.4 Å². The third-order valence-corrected chi connectivity index (χ3v) is 4.25. The van der Waals surface area contributed by atoms with Crippen LogP contribution >= 0.6 is 0 Å². The lowest BCUT2D eigenvalue weighted by Gasteiger charge is -2.29. The van der Waals surface area contributed by atoms with Crippen LogP contribution in [0.5, 0.6) is 0 Å². The van der Waals surface area contributed by atoms with Crippen molar-refractivity contribution in [3.05, 3.63) is 24.0 Å². The normalized spacial score (nSPS) is 11.5. The van der Waals surface area contributed by atoms with Gasteiger partial charge in [-0.05, 0) is 17.5 Å². The number of rotatable bonds is 11. The summed E-state index contributed by atoms with van der Waals surface area (Å²) in [5, 5.41) is 0. The van der Waals surface area contributed by atoms with Gasteiger partial charge in [0.15, 0.2) is 0 Å². The monoisotopic (exact) mass is 381 g/mol. The highest BCUT2D eigenvalue weighted by atomic mass is 16.5. The van der Waals surface area contributed by atoms with Crippen molar-refractivity contribution in [3.8, 4) is 0 Å². The molecule has 0 saturated carbocycles. The second kappa shape index (κ2) is 11.1. The topological polar surface area (TPSA) is 64.0 Å². The minimum absolute atomic E-state index is 0.0292. The fourth-order valence-electron chi connectivity index (χ4n) is 2.67. The van der Waals surface area contributed by atoms with E-state index in [0.717, 1.165) is 5.69 Å². The zero-order valence-corrected chi connectivity index (χ0v) is 17.7. The van der Waals surface area contributed by atoms with Crippen LogP contribution in [0.25, 0.3) is 0 Å². The first kappa shape index (κ1) is 23.2. The number of nitrogens with zero attached hydrogens (tertiary/aromatic N) is 3. The maximum Gasteiger partial charge on any atom is 0.242 e. The Morgan fingerprint density at radius 1 is 1.04 bits per heavy atom. The molecule has 0 aromatic carbocycles. The summed E-state index contributed by atoms with van der Waals surface area (Å²) in [6, 6.07) is 3.94. The largest absolute Gasteiger partial charge is 0.383 e. The highest BCUT2D eigenvalue weighted by Crippen LogP contribution is 2.20. The van der Waals surface area contributed by atoms with E-state index in [-0.39, 0.29) is 23.8 Å². The summed E-state index contributed by atoms with van der Waals surface area (Å²) in [5.41, 5.74) is 0.897. The first-order valence-corrected chi connectivity index (χ1v) is 9.31. The fourth-order valence-corrected chi connectivity index (χ4v) is 2.67. The van der Waals surface area contributed by atoms with Gasteiger partial charge in [-0.1, -0.05) is 20.8 Å². The van der Waals surface area contributed by atoms with Gasteiger partial charge in [0.1, 0.15) is 0 Å². The van der Waals surface area contributed by atoms with Gasteiger partial charge in [-0.3, -0.25) is 9.59 Å². The number of methoxy groups -OCH3 is 2. The molecule has 7 heteroatoms. The van der Waals surface area contributed by atoms with Crippen LogP contribution in [0.2, 0.25) is 0 Å². The molecule has 0 spiro atoms. The molecule has 1 heterocycles. The van der Waals surface area contributed by atoms with E-state index in [1.807, 2.05) is 50.7 Å². The number of amides is 2. The average molecular weight is 382 g/mol. The van der Waals surface area contributed by atoms with E-state index in [2.05, 4.69) is 0 Å². The Morgan fingerprint density at radius 2 is 1.63 bits per heavy atom. The van der Waals surface area contributed by atoms with Gasteiger partial charge in [0.2, 0.25) is 11.8 Å². The lowest BCUT2D eigenvalue weighted by Crippen LogP contribution is -2.45. The van der Waals surface area contributed by atoms with Crippen LogP contribution in [0.1, 0.15) is 32.9 Å². The predicted molar refractivity (Wildman–Crippen MR) is 105 cm³/mol. The summed E-state index contributed by atoms with van der Waals surface area (Å²) < 4.78 is 12.3. The molecule has 0 aliphatic carbocycles. The van der Waals surface area contributed by atoms with E-state index in [1.54, 1.807) is 24.0 Å². The van der Waals surface area contributed by atoms with Gasteiger partial charge >= 0.3 is 0 Å². The van der Waals surface area contributed by atoms with Crippen LogP contribution in [0.3, 0.4) is 0 Å². The summed E-state index contributed by atoms with van der Waals surface area (Å²) >= 11 is 0. The van der Waals surface area contributed by atoms with Gasteiger partial charge in [-0.15, -0.1) is 0 Å². The Labute approximate surface area is 163 Å². The Kier molecular flexibility index (Phi) is 9.52. The minimum Gasteiger partial charge on any atom is -0.383 e. The van der Waals surface area contributed by atoms with Crippen molar-refractivity contribution in [3.63, 3.8) is 0 Å². The van der Waals surface area contributed by atoms with Crippen LogP contribution in [0.4, 0.5) is 0 Å². The Bertz CT molecular complexity index is 592. The number of carbonyl (C=O) groups excluding carboxylic acids is 2. The number of aromatic nitrogens is 1. The van der Waals surface area contributed by atoms with Crippen LogP contribution < -0.4 is 0 Å². The standard InChI is InChI=1S/C20H35N3O4/c1-20(2,3)14-18(24)23(11-13-27-6)16-19(25)22(10-12-26-5)15-17-8-7-9-21(17)4/h7-9H,10-16H2,1-6H3. The highest BCUT2D eigenvalue weighted by Gasteiger charge is 2.25. The Hall–Kier alpha value is -1.86. The van der Waals surface area contributed by atoms with Crippen LogP contribution in [-0.2, 0) is 32.7 Å². The Balaban J connectivity index is 2.85. The van der Waals surface area contributed by atoms with Crippen molar-refractivity contribution in [2.45, 2.75) is 33.7 Å². The second-order valence-electron chi connectivity index (χ2n) is 7.96. The smallest absolute Gasteiger partial charge is 0.242 e. The van der Waals surface area contributed by atoms with Gasteiger partial charge in [0.05, 0.1) is 26.3 Å². The lowest BCUT2D eigenvalue weighted by atomic mass is 9.91. The minimum atomic E-state index is -0.135. The molecule has 0 fully saturated rings. The molecule has 154 valence electrons. The van der Waals surface area contributed by atoms with Crippen molar-refractivity contribution >= 4 is 11.8 Å². The van der Waals surface area contributed by atoms with Gasteiger partial charge in [-0.2, -0.15) is 0 Å². The SMILES string of the molecule is COCCN(CC(=O)N(CCOC)Cc1cccn1C)C(=O)CC(C)(C)C. The molecular formula is C20H35N3O4. The summed E-state index contributed by atoms with van der Waals surface area (Å²) in [7, 11) is 5.16. The van der Waals surface area contributed by atoms with Crippen molar-refractivity contribution in [2.75, 3.05) is 47.1 Å². The third kappa shape index (κ3) is 8.58. The zero-order valence-electron chi connectivity index (χ0n) is 17.7. The van der Waals surface area contributed by atoms with Gasteiger partial charge in [0, 0.05) is 52.7 Å². The predicted octanol–water partition coefficient (Wildman–Crippen LogP) is 1.91. The number of carbonyl (C=O) groups is 2. The molecule has 0 unspecified atom stereocenters. The number of aryl methyl sites for hydroxylation is 1. The molecule has 0 aliphatic rings. The molecule has 1 aromatic rings. The maximum atomic E-state index is 13.0. The van der Waals surface area contributed by atoms with E-state index in [4.69, 9.17) is 9.47 Å². The molecule has 2 amide bonds. The average Bonchev–Trinajstić information content (AvgIpc) is 2.98. The van der Waals surface area contributed by atoms with Crippen LogP contribution in [0, 0.1) is 5.41 Å². The lowest BCUT2D eigenvalue weighted by molar-refractivity contribution is -0.142. The molecule has 0 radical (unpaired) electrons. The number of hydrogen-bond acceptors (Lipinski definition) is 4. The molecule has 1 aromatic heterocycles. The molecule has 7 nitrogen and oxygen atoms in total. The zero-order chi connectivity index (χ0) is 20.4. The van der Waals surface area contributed by atoms with Crippen LogP contribution in [-0.4, -0.2) is 73.2 Å². The second-order valence-corrected chi connectivity index (χ2v) is 7.96. The van der Waals surface area contributed by atoms with Gasteiger partial charge in [-0.25, -0.2) is 0 Å². The fraction of sp³-hybridized carbons (Fsp3) is 0.700. The number of ether oxygens (including phenoxy) is 2. The number of hydrogen-bond donors (Lipinski definition) is 0. The summed E-state index contributed by atoms with van der Waals surface area (Å²) in [6.07, 6.45) is 2.34. The molecule has 0 atom stereocenters. The molecule has 0 N–H and O–H groups in total. The first-order valence-electron chi connectivity index (χ1n) is 9.31. The molecular weight excluding hydrogens is 346 g/mol. The van der Waals surface area contributed by atoms with E-state index in [9.17, 15) is 9.59 Å². The van der Waals surface area contributed by atoms with Crippen molar-refractivity contribution in [2.24, 2.45) is 12.5 Å². The summed E-state index contributed by atoms with van der Waals surface area (Å²) in [4.78, 5) is 29.0. The molecule has 0 aliphatic heterocycles. The van der Waals surface area contributed by atoms with Gasteiger partial charge < -0.3 is 23.8 Å². The molecule has 0 saturated heterocycles. The van der Waals surface area contributed by atoms with Crippen molar-refractivity contribution < 1.29 is 19.1 Å². The highest BCUT2D eigenvalue weighted by molar-refractivity contribution is 5.85. The first-order chi connectivity index (χ1) is 12.7. The molecule has 1 rings (SSSR count). The van der Waals surface area contributed by atoms with Crippen molar-refractivity contribution in [1.29, 1.82) is 0 Å². The maximum absolute atomic E-state index is 13.0. The summed E-state index contributed by atoms with van der Waals surface area (Å²) in [5.74, 6) is -0.120. The molecule has 27 heavy (non-hydrogen) atoms. The van der Waals surface area contributed by atoms with E-state index >= 15 is 0 Å².